The summed E-state index contributed by atoms with van der Waals surface area (Å²) in [7, 11) is 0. The third kappa shape index (κ3) is 1.54. The maximum atomic E-state index is 12.9. The Morgan fingerprint density at radius 2 is 2.33 bits per heavy atom. The molecular formula is C9H8FNO. The molecule has 0 atom stereocenters. The van der Waals surface area contributed by atoms with Gasteiger partial charge in [0.05, 0.1) is 6.61 Å². The van der Waals surface area contributed by atoms with E-state index in [4.69, 9.17) is 10.00 Å². The van der Waals surface area contributed by atoms with Crippen molar-refractivity contribution in [2.45, 2.75) is 6.92 Å². The van der Waals surface area contributed by atoms with Gasteiger partial charge >= 0.3 is 0 Å². The topological polar surface area (TPSA) is 33.0 Å². The highest BCUT2D eigenvalue weighted by Gasteiger charge is 2.07. The van der Waals surface area contributed by atoms with Crippen molar-refractivity contribution in [1.29, 1.82) is 5.26 Å². The smallest absolute Gasteiger partial charge is 0.144 e. The minimum Gasteiger partial charge on any atom is -0.492 e. The molecule has 12 heavy (non-hydrogen) atoms. The zero-order valence-electron chi connectivity index (χ0n) is 6.67. The molecule has 62 valence electrons. The number of nitrogens with zero attached hydrogens (tertiary/aromatic N) is 1. The number of hydrogen-bond acceptors (Lipinski definition) is 2. The third-order valence-corrected chi connectivity index (χ3v) is 1.39. The molecule has 0 saturated heterocycles. The van der Waals surface area contributed by atoms with Crippen molar-refractivity contribution < 1.29 is 9.13 Å². The summed E-state index contributed by atoms with van der Waals surface area (Å²) in [5, 5.41) is 8.56. The first-order valence-corrected chi connectivity index (χ1v) is 3.61. The predicted octanol–water partition coefficient (Wildman–Crippen LogP) is 2.10. The monoisotopic (exact) mass is 165 g/mol. The zero-order chi connectivity index (χ0) is 8.97. The molecule has 1 aromatic carbocycles. The number of ether oxygens (including phenoxy) is 1. The van der Waals surface area contributed by atoms with Gasteiger partial charge in [-0.05, 0) is 19.1 Å². The van der Waals surface area contributed by atoms with Crippen LogP contribution in [0.2, 0.25) is 0 Å². The van der Waals surface area contributed by atoms with Crippen molar-refractivity contribution in [3.63, 3.8) is 0 Å². The summed E-state index contributed by atoms with van der Waals surface area (Å²) in [6.45, 7) is 2.21. The van der Waals surface area contributed by atoms with Crippen LogP contribution < -0.4 is 4.74 Å². The summed E-state index contributed by atoms with van der Waals surface area (Å²) in [6, 6.07) is 6.08. The van der Waals surface area contributed by atoms with Crippen LogP contribution in [-0.4, -0.2) is 6.61 Å². The summed E-state index contributed by atoms with van der Waals surface area (Å²) in [6.07, 6.45) is 0. The van der Waals surface area contributed by atoms with Gasteiger partial charge < -0.3 is 4.74 Å². The SMILES string of the molecule is CCOc1cccc(F)c1C#N. The van der Waals surface area contributed by atoms with Crippen molar-refractivity contribution in [1.82, 2.24) is 0 Å². The fourth-order valence-electron chi connectivity index (χ4n) is 0.889. The molecule has 0 fully saturated rings. The Balaban J connectivity index is 3.11. The van der Waals surface area contributed by atoms with Gasteiger partial charge in [-0.15, -0.1) is 0 Å². The lowest BCUT2D eigenvalue weighted by Gasteiger charge is -2.04. The maximum Gasteiger partial charge on any atom is 0.144 e. The number of hydrogen-bond donors (Lipinski definition) is 0. The van der Waals surface area contributed by atoms with E-state index in [2.05, 4.69) is 0 Å². The molecule has 0 aliphatic heterocycles. The second-order valence-corrected chi connectivity index (χ2v) is 2.16. The van der Waals surface area contributed by atoms with Crippen LogP contribution in [0.25, 0.3) is 0 Å². The summed E-state index contributed by atoms with van der Waals surface area (Å²) in [4.78, 5) is 0. The normalized spacial score (nSPS) is 9.08. The molecule has 0 bridgehead atoms. The Kier molecular flexibility index (Phi) is 2.65. The van der Waals surface area contributed by atoms with Crippen molar-refractivity contribution in [3.05, 3.63) is 29.6 Å². The number of halogens is 1. The molecule has 0 radical (unpaired) electrons. The van der Waals surface area contributed by atoms with E-state index in [0.29, 0.717) is 12.4 Å². The lowest BCUT2D eigenvalue weighted by molar-refractivity contribution is 0.337. The van der Waals surface area contributed by atoms with E-state index in [1.807, 2.05) is 0 Å². The zero-order valence-corrected chi connectivity index (χ0v) is 6.67. The van der Waals surface area contributed by atoms with Gasteiger partial charge in [-0.25, -0.2) is 4.39 Å². The largest absolute Gasteiger partial charge is 0.492 e. The van der Waals surface area contributed by atoms with E-state index in [1.165, 1.54) is 12.1 Å². The van der Waals surface area contributed by atoms with Gasteiger partial charge in [0.15, 0.2) is 0 Å². The summed E-state index contributed by atoms with van der Waals surface area (Å²) >= 11 is 0. The van der Waals surface area contributed by atoms with Gasteiger partial charge in [-0.2, -0.15) is 5.26 Å². The van der Waals surface area contributed by atoms with Crippen molar-refractivity contribution >= 4 is 0 Å². The summed E-state index contributed by atoms with van der Waals surface area (Å²) in [5.74, 6) is -0.233. The standard InChI is InChI=1S/C9H8FNO/c1-2-12-9-5-3-4-8(10)7(9)6-11/h3-5H,2H2,1H3. The Bertz CT molecular complexity index is 317. The van der Waals surface area contributed by atoms with Gasteiger partial charge in [0.2, 0.25) is 0 Å². The molecule has 0 aromatic heterocycles. The molecule has 0 unspecified atom stereocenters. The van der Waals surface area contributed by atoms with Gasteiger partial charge in [0, 0.05) is 0 Å². The fourth-order valence-corrected chi connectivity index (χ4v) is 0.889. The molecule has 2 nitrogen and oxygen atoms in total. The molecular weight excluding hydrogens is 157 g/mol. The van der Waals surface area contributed by atoms with Crippen LogP contribution in [-0.2, 0) is 0 Å². The van der Waals surface area contributed by atoms with Gasteiger partial charge in [0.25, 0.3) is 0 Å². The summed E-state index contributed by atoms with van der Waals surface area (Å²) < 4.78 is 17.9. The quantitative estimate of drug-likeness (QED) is 0.672. The average Bonchev–Trinajstić information content (AvgIpc) is 2.05. The molecule has 1 aromatic rings. The maximum absolute atomic E-state index is 12.9. The Morgan fingerprint density at radius 1 is 1.58 bits per heavy atom. The van der Waals surface area contributed by atoms with Crippen molar-refractivity contribution in [2.24, 2.45) is 0 Å². The minimum atomic E-state index is -0.538. The number of benzene rings is 1. The van der Waals surface area contributed by atoms with Crippen molar-refractivity contribution in [2.75, 3.05) is 6.61 Å². The van der Waals surface area contributed by atoms with E-state index in [1.54, 1.807) is 19.1 Å². The van der Waals surface area contributed by atoms with Crippen LogP contribution in [0.15, 0.2) is 18.2 Å². The molecule has 0 aliphatic rings. The van der Waals surface area contributed by atoms with Gasteiger partial charge in [0.1, 0.15) is 23.2 Å². The first kappa shape index (κ1) is 8.54. The summed E-state index contributed by atoms with van der Waals surface area (Å²) in [5.41, 5.74) is -0.0284. The Hall–Kier alpha value is -1.56. The third-order valence-electron chi connectivity index (χ3n) is 1.39. The first-order chi connectivity index (χ1) is 5.79. The first-order valence-electron chi connectivity index (χ1n) is 3.61. The minimum absolute atomic E-state index is 0.0284. The highest BCUT2D eigenvalue weighted by atomic mass is 19.1. The van der Waals surface area contributed by atoms with E-state index in [0.717, 1.165) is 0 Å². The Morgan fingerprint density at radius 3 is 2.92 bits per heavy atom. The molecule has 3 heteroatoms. The van der Waals surface area contributed by atoms with Gasteiger partial charge in [-0.1, -0.05) is 6.07 Å². The molecule has 0 saturated carbocycles. The van der Waals surface area contributed by atoms with E-state index < -0.39 is 5.82 Å². The molecule has 0 heterocycles. The fraction of sp³-hybridized carbons (Fsp3) is 0.222. The molecule has 1 rings (SSSR count). The highest BCUT2D eigenvalue weighted by Crippen LogP contribution is 2.19. The van der Waals surface area contributed by atoms with Crippen LogP contribution >= 0.6 is 0 Å². The van der Waals surface area contributed by atoms with E-state index in [-0.39, 0.29) is 5.56 Å². The van der Waals surface area contributed by atoms with Crippen LogP contribution in [0, 0.1) is 17.1 Å². The lowest BCUT2D eigenvalue weighted by Crippen LogP contribution is -1.95. The van der Waals surface area contributed by atoms with Crippen LogP contribution in [0.4, 0.5) is 4.39 Å². The second kappa shape index (κ2) is 3.72. The predicted molar refractivity (Wildman–Crippen MR) is 42.3 cm³/mol. The van der Waals surface area contributed by atoms with Gasteiger partial charge in [-0.3, -0.25) is 0 Å². The van der Waals surface area contributed by atoms with Crippen LogP contribution in [0.1, 0.15) is 12.5 Å². The van der Waals surface area contributed by atoms with E-state index in [9.17, 15) is 4.39 Å². The molecule has 0 amide bonds. The highest BCUT2D eigenvalue weighted by molar-refractivity contribution is 5.43. The van der Waals surface area contributed by atoms with Crippen LogP contribution in [0.3, 0.4) is 0 Å². The number of nitriles is 1. The Labute approximate surface area is 70.2 Å². The molecule has 0 N–H and O–H groups in total. The molecule has 0 spiro atoms. The molecule has 0 aliphatic carbocycles. The average molecular weight is 165 g/mol. The second-order valence-electron chi connectivity index (χ2n) is 2.16. The van der Waals surface area contributed by atoms with E-state index >= 15 is 0 Å². The number of rotatable bonds is 2. The van der Waals surface area contributed by atoms with Crippen LogP contribution in [0.5, 0.6) is 5.75 Å². The van der Waals surface area contributed by atoms with Crippen molar-refractivity contribution in [3.8, 4) is 11.8 Å². The lowest BCUT2D eigenvalue weighted by atomic mass is 10.2.